The SMILES string of the molecule is Cc1c(Cl)cccc1NC(=O)CCN=C(N)Nc1ccc(OC(F)(F)F)cc1. The van der Waals surface area contributed by atoms with Gasteiger partial charge in [0.2, 0.25) is 5.91 Å². The number of guanidine groups is 1. The number of aliphatic imine (C=N–C) groups is 1. The molecular weight excluding hydrogens is 397 g/mol. The molecule has 6 nitrogen and oxygen atoms in total. The summed E-state index contributed by atoms with van der Waals surface area (Å²) < 4.78 is 40.1. The fourth-order valence-electron chi connectivity index (χ4n) is 2.16. The number of nitrogens with one attached hydrogen (secondary N) is 2. The van der Waals surface area contributed by atoms with Gasteiger partial charge in [-0.15, -0.1) is 13.2 Å². The zero-order chi connectivity index (χ0) is 20.7. The first kappa shape index (κ1) is 21.4. The molecule has 10 heteroatoms. The van der Waals surface area contributed by atoms with E-state index in [1.54, 1.807) is 25.1 Å². The molecule has 0 radical (unpaired) electrons. The van der Waals surface area contributed by atoms with Gasteiger partial charge in [-0.3, -0.25) is 9.79 Å². The summed E-state index contributed by atoms with van der Waals surface area (Å²) in [6.07, 6.45) is -4.66. The maximum atomic E-state index is 12.1. The minimum Gasteiger partial charge on any atom is -0.406 e. The van der Waals surface area contributed by atoms with Crippen LogP contribution in [0.4, 0.5) is 24.5 Å². The summed E-state index contributed by atoms with van der Waals surface area (Å²) in [7, 11) is 0. The van der Waals surface area contributed by atoms with Crippen LogP contribution in [-0.2, 0) is 4.79 Å². The van der Waals surface area contributed by atoms with Crippen LogP contribution in [0.1, 0.15) is 12.0 Å². The maximum Gasteiger partial charge on any atom is 0.573 e. The van der Waals surface area contributed by atoms with Gasteiger partial charge in [-0.1, -0.05) is 17.7 Å². The predicted octanol–water partition coefficient (Wildman–Crippen LogP) is 4.30. The second-order valence-electron chi connectivity index (χ2n) is 5.67. The number of nitrogens with zero attached hydrogens (tertiary/aromatic N) is 1. The molecule has 0 aliphatic rings. The zero-order valence-corrected chi connectivity index (χ0v) is 15.6. The monoisotopic (exact) mass is 414 g/mol. The molecule has 0 unspecified atom stereocenters. The highest BCUT2D eigenvalue weighted by Gasteiger charge is 2.30. The van der Waals surface area contributed by atoms with E-state index in [4.69, 9.17) is 17.3 Å². The average molecular weight is 415 g/mol. The smallest absolute Gasteiger partial charge is 0.406 e. The molecule has 0 aliphatic carbocycles. The normalized spacial score (nSPS) is 11.8. The summed E-state index contributed by atoms with van der Waals surface area (Å²) in [6, 6.07) is 10.2. The Bertz CT molecular complexity index is 855. The summed E-state index contributed by atoms with van der Waals surface area (Å²) >= 11 is 6.00. The lowest BCUT2D eigenvalue weighted by Crippen LogP contribution is -2.23. The van der Waals surface area contributed by atoms with Gasteiger partial charge in [0.15, 0.2) is 5.96 Å². The van der Waals surface area contributed by atoms with Crippen molar-refractivity contribution in [1.82, 2.24) is 0 Å². The molecule has 0 atom stereocenters. The second-order valence-corrected chi connectivity index (χ2v) is 6.08. The summed E-state index contributed by atoms with van der Waals surface area (Å²) in [5.74, 6) is -0.576. The fraction of sp³-hybridized carbons (Fsp3) is 0.222. The van der Waals surface area contributed by atoms with Crippen LogP contribution in [-0.4, -0.2) is 24.8 Å². The Balaban J connectivity index is 1.82. The molecule has 2 aromatic carbocycles. The van der Waals surface area contributed by atoms with Crippen molar-refractivity contribution in [3.63, 3.8) is 0 Å². The van der Waals surface area contributed by atoms with Gasteiger partial charge in [-0.25, -0.2) is 0 Å². The zero-order valence-electron chi connectivity index (χ0n) is 14.8. The number of halogens is 4. The molecule has 4 N–H and O–H groups in total. The van der Waals surface area contributed by atoms with Gasteiger partial charge in [0.25, 0.3) is 0 Å². The highest BCUT2D eigenvalue weighted by molar-refractivity contribution is 6.31. The molecule has 0 spiro atoms. The number of hydrogen-bond acceptors (Lipinski definition) is 3. The predicted molar refractivity (Wildman–Crippen MR) is 103 cm³/mol. The summed E-state index contributed by atoms with van der Waals surface area (Å²) in [5, 5.41) is 6.01. The highest BCUT2D eigenvalue weighted by atomic mass is 35.5. The first-order valence-electron chi connectivity index (χ1n) is 8.12. The van der Waals surface area contributed by atoms with Gasteiger partial charge in [0.1, 0.15) is 5.75 Å². The van der Waals surface area contributed by atoms with E-state index in [-0.39, 0.29) is 30.6 Å². The standard InChI is InChI=1S/C18H18ClF3N4O2/c1-11-14(19)3-2-4-15(11)26-16(27)9-10-24-17(23)25-12-5-7-13(8-6-12)28-18(20,21)22/h2-8H,9-10H2,1H3,(H,26,27)(H3,23,24,25). The first-order valence-corrected chi connectivity index (χ1v) is 8.49. The summed E-state index contributed by atoms with van der Waals surface area (Å²) in [4.78, 5) is 16.0. The lowest BCUT2D eigenvalue weighted by molar-refractivity contribution is -0.274. The van der Waals surface area contributed by atoms with Gasteiger partial charge in [-0.05, 0) is 48.9 Å². The average Bonchev–Trinajstić information content (AvgIpc) is 2.59. The molecule has 2 rings (SSSR count). The third-order valence-electron chi connectivity index (χ3n) is 3.52. The number of carbonyl (C=O) groups excluding carboxylic acids is 1. The van der Waals surface area contributed by atoms with E-state index in [0.717, 1.165) is 17.7 Å². The Morgan fingerprint density at radius 2 is 1.86 bits per heavy atom. The van der Waals surface area contributed by atoms with Gasteiger partial charge >= 0.3 is 6.36 Å². The lowest BCUT2D eigenvalue weighted by atomic mass is 10.2. The van der Waals surface area contributed by atoms with Gasteiger partial charge in [0, 0.05) is 22.8 Å². The highest BCUT2D eigenvalue weighted by Crippen LogP contribution is 2.24. The van der Waals surface area contributed by atoms with Crippen molar-refractivity contribution in [1.29, 1.82) is 0 Å². The molecule has 0 aliphatic heterocycles. The molecule has 0 saturated carbocycles. The largest absolute Gasteiger partial charge is 0.573 e. The van der Waals surface area contributed by atoms with Crippen molar-refractivity contribution in [3.05, 3.63) is 53.1 Å². The first-order chi connectivity index (χ1) is 13.1. The number of hydrogen-bond donors (Lipinski definition) is 3. The number of anilines is 2. The van der Waals surface area contributed by atoms with Gasteiger partial charge < -0.3 is 21.1 Å². The van der Waals surface area contributed by atoms with Crippen LogP contribution >= 0.6 is 11.6 Å². The molecule has 1 amide bonds. The maximum absolute atomic E-state index is 12.1. The summed E-state index contributed by atoms with van der Waals surface area (Å²) in [5.41, 5.74) is 7.52. The second kappa shape index (κ2) is 9.32. The van der Waals surface area contributed by atoms with Crippen LogP contribution in [0, 0.1) is 6.92 Å². The number of benzene rings is 2. The van der Waals surface area contributed by atoms with Crippen molar-refractivity contribution < 1.29 is 22.7 Å². The van der Waals surface area contributed by atoms with Gasteiger partial charge in [-0.2, -0.15) is 0 Å². The molecule has 0 aromatic heterocycles. The van der Waals surface area contributed by atoms with Crippen molar-refractivity contribution >= 4 is 34.8 Å². The Morgan fingerprint density at radius 1 is 1.18 bits per heavy atom. The number of alkyl halides is 3. The van der Waals surface area contributed by atoms with Crippen molar-refractivity contribution in [2.45, 2.75) is 19.7 Å². The number of amides is 1. The topological polar surface area (TPSA) is 88.7 Å². The van der Waals surface area contributed by atoms with E-state index < -0.39 is 6.36 Å². The van der Waals surface area contributed by atoms with Gasteiger partial charge in [0.05, 0.1) is 6.54 Å². The molecule has 0 heterocycles. The number of ether oxygens (including phenoxy) is 1. The third-order valence-corrected chi connectivity index (χ3v) is 3.93. The Kier molecular flexibility index (Phi) is 7.11. The third kappa shape index (κ3) is 6.99. The number of rotatable bonds is 6. The van der Waals surface area contributed by atoms with Crippen LogP contribution in [0.5, 0.6) is 5.75 Å². The van der Waals surface area contributed by atoms with E-state index in [9.17, 15) is 18.0 Å². The van der Waals surface area contributed by atoms with E-state index >= 15 is 0 Å². The lowest BCUT2D eigenvalue weighted by Gasteiger charge is -2.10. The van der Waals surface area contributed by atoms with E-state index in [2.05, 4.69) is 20.4 Å². The molecule has 0 bridgehead atoms. The van der Waals surface area contributed by atoms with Crippen molar-refractivity contribution in [3.8, 4) is 5.75 Å². The quantitative estimate of drug-likeness (QED) is 0.485. The van der Waals surface area contributed by atoms with E-state index in [1.165, 1.54) is 12.1 Å². The van der Waals surface area contributed by atoms with Crippen LogP contribution in [0.2, 0.25) is 5.02 Å². The molecule has 0 fully saturated rings. The summed E-state index contributed by atoms with van der Waals surface area (Å²) in [6.45, 7) is 1.92. The van der Waals surface area contributed by atoms with Crippen LogP contribution < -0.4 is 21.1 Å². The molecule has 2 aromatic rings. The fourth-order valence-corrected chi connectivity index (χ4v) is 2.34. The Hall–Kier alpha value is -2.94. The van der Waals surface area contributed by atoms with E-state index in [1.807, 2.05) is 0 Å². The van der Waals surface area contributed by atoms with Crippen LogP contribution in [0.25, 0.3) is 0 Å². The number of carbonyl (C=O) groups is 1. The Labute approximate surface area is 164 Å². The number of nitrogens with two attached hydrogens (primary N) is 1. The minimum absolute atomic E-state index is 0.0243. The van der Waals surface area contributed by atoms with Crippen molar-refractivity contribution in [2.24, 2.45) is 10.7 Å². The van der Waals surface area contributed by atoms with Crippen LogP contribution in [0.15, 0.2) is 47.5 Å². The van der Waals surface area contributed by atoms with Crippen molar-refractivity contribution in [2.75, 3.05) is 17.2 Å². The minimum atomic E-state index is -4.75. The van der Waals surface area contributed by atoms with E-state index in [0.29, 0.717) is 16.4 Å². The molecule has 28 heavy (non-hydrogen) atoms. The molecule has 0 saturated heterocycles. The molecule has 150 valence electrons. The molecular formula is C18H18ClF3N4O2. The van der Waals surface area contributed by atoms with Crippen LogP contribution in [0.3, 0.4) is 0 Å². The Morgan fingerprint density at radius 3 is 2.50 bits per heavy atom.